The second-order valence-electron chi connectivity index (χ2n) is 31.4. The van der Waals surface area contributed by atoms with Crippen LogP contribution in [0.15, 0.2) is 152 Å². The number of hydrogen-bond acceptors (Lipinski definition) is 31. The molecule has 0 fully saturated rings. The number of halogens is 6. The Morgan fingerprint density at radius 2 is 0.528 bits per heavy atom. The lowest BCUT2D eigenvalue weighted by molar-refractivity contribution is -0.138. The minimum absolute atomic E-state index is 0.00239. The minimum atomic E-state index is -4.66. The summed E-state index contributed by atoms with van der Waals surface area (Å²) >= 11 is 0. The average Bonchev–Trinajstić information content (AvgIpc) is 0.807. The Labute approximate surface area is 812 Å². The highest BCUT2D eigenvalue weighted by molar-refractivity contribution is 6.10. The fraction of sp³-hybridized carbons (Fsp3) is 0.333. The number of benzene rings is 10. The SMILES string of the molecule is COc1c(C(=O)CCC(=O)c2ccc(C)cc2)cc2c(c1OC)OCCO2.COc1c(C(=O)CCC(=O)c2cccc(C(F)(F)F)c2)cc2c(c1OC)OCCO2.COc1c(C(=O)CCC(=O)c2ccccc2C(F)(F)F)cc2c(c1OC)OCCO2.COc1cc2c(c(OC)c1C(=O)CCC(=O)c1ccc(C)cc1)OCCO2.COc1cccc(C(=O)CCC(=O)c2c(OC)cc3c(c2OC)OCCO3)c1. The van der Waals surface area contributed by atoms with E-state index >= 15 is 0 Å². The molecule has 5 aliphatic rings. The molecule has 10 aromatic rings. The highest BCUT2D eigenvalue weighted by atomic mass is 19.4. The summed E-state index contributed by atoms with van der Waals surface area (Å²) in [7, 11) is 15.8. The molecule has 0 atom stereocenters. The van der Waals surface area contributed by atoms with Crippen LogP contribution in [-0.4, -0.2) is 202 Å². The molecule has 0 N–H and O–H groups in total. The van der Waals surface area contributed by atoms with Gasteiger partial charge in [-0.1, -0.05) is 102 Å². The zero-order valence-corrected chi connectivity index (χ0v) is 80.0. The molecule has 37 heteroatoms. The summed E-state index contributed by atoms with van der Waals surface area (Å²) < 4.78 is 192. The van der Waals surface area contributed by atoms with Gasteiger partial charge in [0, 0.05) is 104 Å². The van der Waals surface area contributed by atoms with Crippen LogP contribution in [0.4, 0.5) is 26.3 Å². The van der Waals surface area contributed by atoms with Crippen LogP contribution < -0.4 is 99.5 Å². The summed E-state index contributed by atoms with van der Waals surface area (Å²) in [6.07, 6.45) is -10.1. The number of fused-ring (bicyclic) bond motifs is 5. The summed E-state index contributed by atoms with van der Waals surface area (Å²) in [6, 6.07) is 37.7. The summed E-state index contributed by atoms with van der Waals surface area (Å²) in [5, 5.41) is 0. The van der Waals surface area contributed by atoms with Gasteiger partial charge >= 0.3 is 12.4 Å². The molecule has 752 valence electrons. The Balaban J connectivity index is 0.000000170. The van der Waals surface area contributed by atoms with Crippen molar-refractivity contribution in [1.82, 2.24) is 0 Å². The van der Waals surface area contributed by atoms with E-state index in [1.165, 1.54) is 109 Å². The van der Waals surface area contributed by atoms with Crippen LogP contribution in [0.25, 0.3) is 0 Å². The first kappa shape index (κ1) is 107. The van der Waals surface area contributed by atoms with Gasteiger partial charge in [0.05, 0.1) is 106 Å². The second kappa shape index (κ2) is 49.7. The molecule has 0 spiro atoms. The number of Topliss-reactive ketones (excluding diaryl/α,β-unsaturated/α-hetero) is 10. The molecule has 5 aliphatic heterocycles. The third-order valence-corrected chi connectivity index (χ3v) is 22.3. The van der Waals surface area contributed by atoms with Crippen LogP contribution in [0.1, 0.15) is 190 Å². The monoisotopic (exact) mass is 1970 g/mol. The lowest BCUT2D eigenvalue weighted by Crippen LogP contribution is -2.18. The number of ketones is 10. The van der Waals surface area contributed by atoms with Crippen LogP contribution in [0.2, 0.25) is 0 Å². The van der Waals surface area contributed by atoms with Gasteiger partial charge in [-0.3, -0.25) is 47.9 Å². The van der Waals surface area contributed by atoms with Crippen molar-refractivity contribution in [2.24, 2.45) is 0 Å². The minimum Gasteiger partial charge on any atom is -0.497 e. The van der Waals surface area contributed by atoms with Crippen molar-refractivity contribution in [1.29, 1.82) is 0 Å². The average molecular weight is 1980 g/mol. The van der Waals surface area contributed by atoms with Gasteiger partial charge in [-0.05, 0) is 62.4 Å². The number of carbonyl (C=O) groups excluding carboxylic acids is 10. The molecule has 142 heavy (non-hydrogen) atoms. The van der Waals surface area contributed by atoms with Crippen molar-refractivity contribution in [3.63, 3.8) is 0 Å². The summed E-state index contributed by atoms with van der Waals surface area (Å²) in [4.78, 5) is 126. The molecule has 0 aromatic heterocycles. The van der Waals surface area contributed by atoms with Crippen LogP contribution in [0.5, 0.6) is 121 Å². The van der Waals surface area contributed by atoms with Gasteiger partial charge in [0.15, 0.2) is 115 Å². The van der Waals surface area contributed by atoms with Crippen LogP contribution >= 0.6 is 0 Å². The summed E-state index contributed by atoms with van der Waals surface area (Å²) in [6.45, 7) is 7.43. The highest BCUT2D eigenvalue weighted by Gasteiger charge is 2.39. The Kier molecular flexibility index (Phi) is 37.4. The molecule has 0 bridgehead atoms. The van der Waals surface area contributed by atoms with E-state index in [0.29, 0.717) is 156 Å². The first-order chi connectivity index (χ1) is 68.2. The largest absolute Gasteiger partial charge is 0.497 e. The van der Waals surface area contributed by atoms with E-state index in [-0.39, 0.29) is 173 Å². The third kappa shape index (κ3) is 26.0. The number of hydrogen-bond donors (Lipinski definition) is 0. The quantitative estimate of drug-likeness (QED) is 0.0260. The third-order valence-electron chi connectivity index (χ3n) is 22.3. The zero-order chi connectivity index (χ0) is 103. The van der Waals surface area contributed by atoms with Gasteiger partial charge in [0.25, 0.3) is 0 Å². The van der Waals surface area contributed by atoms with Gasteiger partial charge in [-0.25, -0.2) is 0 Å². The maximum Gasteiger partial charge on any atom is 0.417 e. The summed E-state index contributed by atoms with van der Waals surface area (Å²) in [5.74, 6) is 3.42. The molecule has 0 amide bonds. The van der Waals surface area contributed by atoms with Gasteiger partial charge in [-0.15, -0.1) is 0 Å². The molecule has 0 radical (unpaired) electrons. The Morgan fingerprint density at radius 1 is 0.246 bits per heavy atom. The number of methoxy groups -OCH3 is 11. The molecule has 0 aliphatic carbocycles. The van der Waals surface area contributed by atoms with Crippen molar-refractivity contribution in [2.45, 2.75) is 90.4 Å². The Morgan fingerprint density at radius 3 is 0.845 bits per heavy atom. The Hall–Kier alpha value is -15.7. The first-order valence-electron chi connectivity index (χ1n) is 44.4. The van der Waals surface area contributed by atoms with Gasteiger partial charge in [0.1, 0.15) is 94.4 Å². The van der Waals surface area contributed by atoms with E-state index in [9.17, 15) is 74.3 Å². The molecule has 5 heterocycles. The summed E-state index contributed by atoms with van der Waals surface area (Å²) in [5.41, 5.74) is 2.37. The molecular formula is C105H104F6O31. The number of rotatable bonds is 36. The number of aryl methyl sites for hydroxylation is 2. The zero-order valence-electron chi connectivity index (χ0n) is 80.0. The molecule has 0 unspecified atom stereocenters. The number of carbonyl (C=O) groups is 10. The predicted octanol–water partition coefficient (Wildman–Crippen LogP) is 19.3. The maximum absolute atomic E-state index is 13.1. The van der Waals surface area contributed by atoms with Crippen LogP contribution in [0, 0.1) is 13.8 Å². The molecule has 15 rings (SSSR count). The fourth-order valence-electron chi connectivity index (χ4n) is 15.3. The molecule has 10 aromatic carbocycles. The standard InChI is InChI=1S/2C21H19F3O6.C21H22O7.2C21H22O6/c1-27-18-14(11-17-19(20(18)28-2)30-9-8-29-17)16(26)7-6-15(25)12-4-3-5-13(10-12)21(22,23)24;1-27-18-13(11-17-19(20(18)28-2)30-10-9-29-17)16(26)8-7-15(25)12-5-3-4-6-14(12)21(22,23)24;1-24-14-6-4-5-13(11-14)15(22)7-8-16(23)19-17(25-2)12-18-20(21(19)26-3)28-10-9-27-18;1-13-4-6-14(7-5-13)16(22)8-9-17(23)15-12-18-20(27-11-10-26-18)21(25-3)19(15)24-2;1-13-4-6-14(7-5-13)15(22)8-9-16(23)19-17(24-2)12-18-20(21(19)25-3)27-11-10-26-18/h3-5,10-11H,6-9H2,1-2H3;3-6,11H,7-10H2,1-2H3;4-6,11-12H,7-10H2,1-3H3;2*4-7,12H,8-11H2,1-3H3. The molecule has 0 saturated heterocycles. The molecule has 31 nitrogen and oxygen atoms in total. The predicted molar refractivity (Wildman–Crippen MR) is 500 cm³/mol. The fourth-order valence-corrected chi connectivity index (χ4v) is 15.3. The first-order valence-corrected chi connectivity index (χ1v) is 44.4. The molecular weight excluding hydrogens is 1870 g/mol. The second-order valence-corrected chi connectivity index (χ2v) is 31.4. The number of ether oxygens (including phenoxy) is 21. The van der Waals surface area contributed by atoms with Crippen molar-refractivity contribution in [3.8, 4) is 121 Å². The smallest absolute Gasteiger partial charge is 0.417 e. The van der Waals surface area contributed by atoms with E-state index in [2.05, 4.69) is 0 Å². The van der Waals surface area contributed by atoms with Crippen LogP contribution in [0.3, 0.4) is 0 Å². The van der Waals surface area contributed by atoms with Crippen molar-refractivity contribution in [3.05, 3.63) is 230 Å². The van der Waals surface area contributed by atoms with Gasteiger partial charge < -0.3 is 99.5 Å². The van der Waals surface area contributed by atoms with E-state index in [1.807, 2.05) is 38.1 Å². The maximum atomic E-state index is 13.1. The van der Waals surface area contributed by atoms with Crippen molar-refractivity contribution in [2.75, 3.05) is 144 Å². The Bertz CT molecular complexity index is 6280. The highest BCUT2D eigenvalue weighted by Crippen LogP contribution is 2.54. The van der Waals surface area contributed by atoms with E-state index in [4.69, 9.17) is 99.5 Å². The molecule has 0 saturated carbocycles. The van der Waals surface area contributed by atoms with Crippen molar-refractivity contribution >= 4 is 57.8 Å². The van der Waals surface area contributed by atoms with E-state index < -0.39 is 58.6 Å². The topological polar surface area (TPSA) is 365 Å². The van der Waals surface area contributed by atoms with Crippen LogP contribution in [-0.2, 0) is 12.4 Å². The number of alkyl halides is 6. The van der Waals surface area contributed by atoms with E-state index in [0.717, 1.165) is 41.5 Å². The lowest BCUT2D eigenvalue weighted by atomic mass is 9.97. The normalized spacial score (nSPS) is 12.6. The van der Waals surface area contributed by atoms with Gasteiger partial charge in [-0.2, -0.15) is 26.3 Å². The van der Waals surface area contributed by atoms with Crippen molar-refractivity contribution < 1.29 is 174 Å². The lowest BCUT2D eigenvalue weighted by Gasteiger charge is -2.23. The van der Waals surface area contributed by atoms with Gasteiger partial charge in [0.2, 0.25) is 46.0 Å². The van der Waals surface area contributed by atoms with E-state index in [1.54, 1.807) is 66.7 Å².